The number of aliphatic hydroxyl groups excluding tert-OH is 1. The smallest absolute Gasteiger partial charge is 0.253 e. The molecule has 1 aliphatic rings. The second-order valence-corrected chi connectivity index (χ2v) is 5.80. The fraction of sp³-hybridized carbons (Fsp3) is 0.316. The lowest BCUT2D eigenvalue weighted by atomic mass is 10.1. The van der Waals surface area contributed by atoms with Crippen molar-refractivity contribution in [1.82, 2.24) is 4.90 Å². The highest BCUT2D eigenvalue weighted by Gasteiger charge is 2.25. The number of hydrogen-bond donors (Lipinski definition) is 1. The molecule has 3 rings (SSSR count). The number of carbonyl (C=O) groups is 1. The van der Waals surface area contributed by atoms with E-state index in [4.69, 9.17) is 4.74 Å². The molecule has 23 heavy (non-hydrogen) atoms. The van der Waals surface area contributed by atoms with Gasteiger partial charge in [0.1, 0.15) is 11.9 Å². The number of likely N-dealkylation sites (tertiary alicyclic amines) is 1. The normalized spacial score (nSPS) is 17.8. The molecule has 0 spiro atoms. The van der Waals surface area contributed by atoms with Crippen LogP contribution in [0.2, 0.25) is 0 Å². The predicted molar refractivity (Wildman–Crippen MR) is 88.4 cm³/mol. The summed E-state index contributed by atoms with van der Waals surface area (Å²) in [4.78, 5) is 14.5. The average molecular weight is 311 g/mol. The van der Waals surface area contributed by atoms with Crippen molar-refractivity contribution in [3.63, 3.8) is 0 Å². The van der Waals surface area contributed by atoms with Crippen LogP contribution >= 0.6 is 0 Å². The predicted octanol–water partition coefficient (Wildman–Crippen LogP) is 2.86. The maximum Gasteiger partial charge on any atom is 0.253 e. The fourth-order valence-corrected chi connectivity index (χ4v) is 2.90. The van der Waals surface area contributed by atoms with Crippen molar-refractivity contribution < 1.29 is 14.6 Å². The number of benzene rings is 2. The fourth-order valence-electron chi connectivity index (χ4n) is 2.90. The Hall–Kier alpha value is -2.33. The van der Waals surface area contributed by atoms with Crippen molar-refractivity contribution in [3.8, 4) is 5.75 Å². The number of aliphatic hydroxyl groups is 1. The molecule has 1 aliphatic heterocycles. The largest absolute Gasteiger partial charge is 0.489 e. The van der Waals surface area contributed by atoms with Crippen molar-refractivity contribution in [2.75, 3.05) is 13.1 Å². The number of ether oxygens (including phenoxy) is 1. The Morgan fingerprint density at radius 1 is 1.17 bits per heavy atom. The van der Waals surface area contributed by atoms with Crippen molar-refractivity contribution >= 4 is 5.91 Å². The third kappa shape index (κ3) is 3.90. The van der Waals surface area contributed by atoms with Gasteiger partial charge in [-0.2, -0.15) is 0 Å². The summed E-state index contributed by atoms with van der Waals surface area (Å²) in [5.74, 6) is 0.843. The molecule has 1 unspecified atom stereocenters. The lowest BCUT2D eigenvalue weighted by molar-refractivity contribution is 0.0538. The van der Waals surface area contributed by atoms with E-state index in [1.807, 2.05) is 41.3 Å². The van der Waals surface area contributed by atoms with E-state index in [1.165, 1.54) is 0 Å². The second-order valence-electron chi connectivity index (χ2n) is 5.80. The summed E-state index contributed by atoms with van der Waals surface area (Å²) in [6.45, 7) is 1.29. The second kappa shape index (κ2) is 7.29. The van der Waals surface area contributed by atoms with E-state index in [9.17, 15) is 9.90 Å². The van der Waals surface area contributed by atoms with E-state index in [2.05, 4.69) is 0 Å². The van der Waals surface area contributed by atoms with E-state index >= 15 is 0 Å². The topological polar surface area (TPSA) is 49.8 Å². The van der Waals surface area contributed by atoms with Crippen molar-refractivity contribution in [2.24, 2.45) is 0 Å². The molecular weight excluding hydrogens is 290 g/mol. The summed E-state index contributed by atoms with van der Waals surface area (Å²) in [5, 5.41) is 9.22. The Kier molecular flexibility index (Phi) is 4.93. The molecule has 0 aromatic heterocycles. The van der Waals surface area contributed by atoms with Crippen LogP contribution in [-0.4, -0.2) is 35.1 Å². The van der Waals surface area contributed by atoms with Gasteiger partial charge in [-0.05, 0) is 42.7 Å². The van der Waals surface area contributed by atoms with E-state index in [0.29, 0.717) is 12.1 Å². The molecular formula is C19H21NO3. The Balaban J connectivity index is 1.66. The van der Waals surface area contributed by atoms with Crippen LogP contribution in [-0.2, 0) is 6.61 Å². The average Bonchev–Trinajstić information content (AvgIpc) is 2.62. The lowest BCUT2D eigenvalue weighted by Gasteiger charge is -2.33. The molecule has 4 nitrogen and oxygen atoms in total. The van der Waals surface area contributed by atoms with Crippen LogP contribution in [0.1, 0.15) is 28.8 Å². The summed E-state index contributed by atoms with van der Waals surface area (Å²) in [5.41, 5.74) is 1.38. The van der Waals surface area contributed by atoms with Crippen LogP contribution < -0.4 is 4.74 Å². The number of piperidine rings is 1. The minimum absolute atomic E-state index is 0.00154. The maximum absolute atomic E-state index is 12.7. The first-order valence-electron chi connectivity index (χ1n) is 7.97. The molecule has 1 N–H and O–H groups in total. The van der Waals surface area contributed by atoms with Gasteiger partial charge in [-0.1, -0.05) is 30.3 Å². The number of hydrogen-bond acceptors (Lipinski definition) is 3. The van der Waals surface area contributed by atoms with Gasteiger partial charge in [-0.25, -0.2) is 0 Å². The molecule has 0 bridgehead atoms. The molecule has 120 valence electrons. The van der Waals surface area contributed by atoms with Crippen molar-refractivity contribution in [1.29, 1.82) is 0 Å². The van der Waals surface area contributed by atoms with Gasteiger partial charge >= 0.3 is 0 Å². The van der Waals surface area contributed by atoms with Gasteiger partial charge < -0.3 is 14.7 Å². The lowest BCUT2D eigenvalue weighted by Crippen LogP contribution is -2.44. The highest BCUT2D eigenvalue weighted by Crippen LogP contribution is 2.20. The first kappa shape index (κ1) is 15.6. The Morgan fingerprint density at radius 3 is 2.78 bits per heavy atom. The quantitative estimate of drug-likeness (QED) is 0.944. The Labute approximate surface area is 136 Å². The van der Waals surface area contributed by atoms with Crippen LogP contribution in [0.4, 0.5) is 0 Å². The third-order valence-corrected chi connectivity index (χ3v) is 4.07. The van der Waals surface area contributed by atoms with Crippen molar-refractivity contribution in [2.45, 2.75) is 25.6 Å². The molecule has 1 heterocycles. The summed E-state index contributed by atoms with van der Waals surface area (Å²) >= 11 is 0. The molecule has 2 aromatic rings. The molecule has 1 fully saturated rings. The van der Waals surface area contributed by atoms with Crippen LogP contribution in [0.5, 0.6) is 5.75 Å². The third-order valence-electron chi connectivity index (χ3n) is 4.07. The number of para-hydroxylation sites is 1. The molecule has 0 radical (unpaired) electrons. The van der Waals surface area contributed by atoms with Gasteiger partial charge in [-0.3, -0.25) is 4.79 Å². The molecule has 1 atom stereocenters. The SMILES string of the molecule is O=C(c1cccc(CO)c1)N1CCCC(Oc2ccccc2)C1. The molecule has 4 heteroatoms. The zero-order valence-electron chi connectivity index (χ0n) is 13.0. The highest BCUT2D eigenvalue weighted by atomic mass is 16.5. The number of amides is 1. The summed E-state index contributed by atoms with van der Waals surface area (Å²) in [7, 11) is 0. The number of carbonyl (C=O) groups excluding carboxylic acids is 1. The van der Waals surface area contributed by atoms with Crippen LogP contribution in [0.3, 0.4) is 0 Å². The summed E-state index contributed by atoms with van der Waals surface area (Å²) < 4.78 is 5.98. The Bertz CT molecular complexity index is 657. The maximum atomic E-state index is 12.7. The van der Waals surface area contributed by atoms with E-state index < -0.39 is 0 Å². The minimum Gasteiger partial charge on any atom is -0.489 e. The molecule has 1 saturated heterocycles. The molecule has 2 aromatic carbocycles. The van der Waals surface area contributed by atoms with Crippen LogP contribution in [0, 0.1) is 0 Å². The molecule has 1 amide bonds. The van der Waals surface area contributed by atoms with Gasteiger partial charge in [0.05, 0.1) is 13.2 Å². The van der Waals surface area contributed by atoms with E-state index in [1.54, 1.807) is 18.2 Å². The van der Waals surface area contributed by atoms with E-state index in [-0.39, 0.29) is 18.6 Å². The zero-order valence-corrected chi connectivity index (χ0v) is 13.0. The van der Waals surface area contributed by atoms with E-state index in [0.717, 1.165) is 30.7 Å². The van der Waals surface area contributed by atoms with Gasteiger partial charge in [-0.15, -0.1) is 0 Å². The van der Waals surface area contributed by atoms with Gasteiger partial charge in [0, 0.05) is 12.1 Å². The molecule has 0 saturated carbocycles. The van der Waals surface area contributed by atoms with Gasteiger partial charge in [0.2, 0.25) is 0 Å². The minimum atomic E-state index is -0.0547. The summed E-state index contributed by atoms with van der Waals surface area (Å²) in [6.07, 6.45) is 1.91. The van der Waals surface area contributed by atoms with Crippen molar-refractivity contribution in [3.05, 3.63) is 65.7 Å². The monoisotopic (exact) mass is 311 g/mol. The first-order chi connectivity index (χ1) is 11.3. The Morgan fingerprint density at radius 2 is 2.00 bits per heavy atom. The number of nitrogens with zero attached hydrogens (tertiary/aromatic N) is 1. The summed E-state index contributed by atoms with van der Waals surface area (Å²) in [6, 6.07) is 16.9. The number of rotatable bonds is 4. The van der Waals surface area contributed by atoms with Crippen LogP contribution in [0.15, 0.2) is 54.6 Å². The zero-order chi connectivity index (χ0) is 16.1. The van der Waals surface area contributed by atoms with Crippen LogP contribution in [0.25, 0.3) is 0 Å². The van der Waals surface area contributed by atoms with Gasteiger partial charge in [0.25, 0.3) is 5.91 Å². The highest BCUT2D eigenvalue weighted by molar-refractivity contribution is 5.94. The molecule has 0 aliphatic carbocycles. The standard InChI is InChI=1S/C19H21NO3/c21-14-15-6-4-7-16(12-15)19(22)20-11-5-10-18(13-20)23-17-8-2-1-3-9-17/h1-4,6-9,12,18,21H,5,10-11,13-14H2. The first-order valence-corrected chi connectivity index (χ1v) is 7.97. The van der Waals surface area contributed by atoms with Gasteiger partial charge in [0.15, 0.2) is 0 Å².